The maximum Gasteiger partial charge on any atom is 0.534 e. The molecule has 0 spiro atoms. The highest BCUT2D eigenvalue weighted by atomic mass is 32.2. The number of halogens is 3. The molecule has 0 bridgehead atoms. The minimum Gasteiger partial charge on any atom is -0.488 e. The van der Waals surface area contributed by atoms with E-state index in [0.717, 1.165) is 40.8 Å². The van der Waals surface area contributed by atoms with Gasteiger partial charge in [-0.1, -0.05) is 48.5 Å². The van der Waals surface area contributed by atoms with Crippen LogP contribution in [0.4, 0.5) is 13.2 Å². The smallest absolute Gasteiger partial charge is 0.488 e. The van der Waals surface area contributed by atoms with Crippen LogP contribution in [-0.4, -0.2) is 19.5 Å². The van der Waals surface area contributed by atoms with Crippen molar-refractivity contribution in [2.45, 2.75) is 56.6 Å². The normalized spacial score (nSPS) is 18.6. The van der Waals surface area contributed by atoms with Crippen molar-refractivity contribution in [3.05, 3.63) is 95.1 Å². The van der Waals surface area contributed by atoms with Crippen LogP contribution in [-0.2, 0) is 16.5 Å². The van der Waals surface area contributed by atoms with Crippen LogP contribution in [0.3, 0.4) is 0 Å². The summed E-state index contributed by atoms with van der Waals surface area (Å²) in [4.78, 5) is 0. The second-order valence-electron chi connectivity index (χ2n) is 9.66. The van der Waals surface area contributed by atoms with E-state index in [-0.39, 0.29) is 23.2 Å². The molecule has 0 fully saturated rings. The number of benzene rings is 3. The molecule has 0 amide bonds. The number of ether oxygens (including phenoxy) is 1. The third-order valence-corrected chi connectivity index (χ3v) is 6.94. The van der Waals surface area contributed by atoms with E-state index < -0.39 is 15.6 Å². The fourth-order valence-electron chi connectivity index (χ4n) is 4.59. The highest BCUT2D eigenvalue weighted by molar-refractivity contribution is 7.88. The quantitative estimate of drug-likeness (QED) is 0.279. The number of fused-ring (bicyclic) bond motifs is 1. The lowest BCUT2D eigenvalue weighted by atomic mass is 9.69. The van der Waals surface area contributed by atoms with E-state index in [1.165, 1.54) is 12.1 Å². The lowest BCUT2D eigenvalue weighted by Gasteiger charge is -2.35. The highest BCUT2D eigenvalue weighted by Gasteiger charge is 2.48. The second kappa shape index (κ2) is 9.22. The summed E-state index contributed by atoms with van der Waals surface area (Å²) in [6.07, 6.45) is 1.74. The van der Waals surface area contributed by atoms with Crippen molar-refractivity contribution in [3.63, 3.8) is 0 Å². The Balaban J connectivity index is 1.72. The molecule has 0 radical (unpaired) electrons. The summed E-state index contributed by atoms with van der Waals surface area (Å²) in [6, 6.07) is 21.9. The van der Waals surface area contributed by atoms with Gasteiger partial charge in [0.15, 0.2) is 0 Å². The molecule has 2 atom stereocenters. The molecular formula is C27H27F3O4S. The van der Waals surface area contributed by atoms with Crippen molar-refractivity contribution in [3.8, 4) is 11.5 Å². The van der Waals surface area contributed by atoms with Gasteiger partial charge in [-0.3, -0.25) is 0 Å². The van der Waals surface area contributed by atoms with Crippen LogP contribution in [0.2, 0.25) is 0 Å². The monoisotopic (exact) mass is 504 g/mol. The molecule has 4 rings (SSSR count). The summed E-state index contributed by atoms with van der Waals surface area (Å²) in [7, 11) is -5.72. The molecule has 0 saturated carbocycles. The van der Waals surface area contributed by atoms with Gasteiger partial charge in [-0.05, 0) is 86.1 Å². The first kappa shape index (κ1) is 25.1. The van der Waals surface area contributed by atoms with Gasteiger partial charge in [0.05, 0.1) is 0 Å². The van der Waals surface area contributed by atoms with Crippen molar-refractivity contribution in [1.82, 2.24) is 0 Å². The number of rotatable bonds is 5. The van der Waals surface area contributed by atoms with Crippen LogP contribution >= 0.6 is 0 Å². The van der Waals surface area contributed by atoms with Gasteiger partial charge >= 0.3 is 15.6 Å². The maximum absolute atomic E-state index is 12.7. The molecule has 0 aromatic heterocycles. The predicted octanol–water partition coefficient (Wildman–Crippen LogP) is 6.95. The molecule has 186 valence electrons. The molecule has 35 heavy (non-hydrogen) atoms. The zero-order valence-corrected chi connectivity index (χ0v) is 20.5. The molecular weight excluding hydrogens is 477 g/mol. The van der Waals surface area contributed by atoms with Gasteiger partial charge in [-0.2, -0.15) is 21.6 Å². The van der Waals surface area contributed by atoms with Gasteiger partial charge in [-0.25, -0.2) is 0 Å². The zero-order valence-electron chi connectivity index (χ0n) is 19.7. The molecule has 4 nitrogen and oxygen atoms in total. The number of aryl methyl sites for hydroxylation is 1. The Labute approximate surface area is 203 Å². The van der Waals surface area contributed by atoms with E-state index in [4.69, 9.17) is 4.74 Å². The van der Waals surface area contributed by atoms with Crippen LogP contribution in [0.5, 0.6) is 11.5 Å². The lowest BCUT2D eigenvalue weighted by molar-refractivity contribution is -0.0500. The predicted molar refractivity (Wildman–Crippen MR) is 128 cm³/mol. The van der Waals surface area contributed by atoms with Gasteiger partial charge in [0.2, 0.25) is 0 Å². The van der Waals surface area contributed by atoms with Crippen LogP contribution < -0.4 is 8.92 Å². The summed E-state index contributed by atoms with van der Waals surface area (Å²) in [5.41, 5.74) is -1.52. The van der Waals surface area contributed by atoms with E-state index in [1.807, 2.05) is 45.0 Å². The van der Waals surface area contributed by atoms with E-state index in [1.54, 1.807) is 12.1 Å². The van der Waals surface area contributed by atoms with Gasteiger partial charge in [0.1, 0.15) is 17.1 Å². The SMILES string of the molecule is CC(C)(C)Oc1ccc2c(c1)CCC(c1ccccc1)C2c1ccc(OS(=O)(=O)C(F)(F)F)cc1. The molecule has 0 N–H and O–H groups in total. The van der Waals surface area contributed by atoms with E-state index >= 15 is 0 Å². The average Bonchev–Trinajstić information content (AvgIpc) is 2.77. The molecule has 0 heterocycles. The Morgan fingerprint density at radius 1 is 0.829 bits per heavy atom. The number of hydrogen-bond acceptors (Lipinski definition) is 4. The van der Waals surface area contributed by atoms with Gasteiger partial charge in [0.25, 0.3) is 0 Å². The zero-order chi connectivity index (χ0) is 25.4. The topological polar surface area (TPSA) is 52.6 Å². The van der Waals surface area contributed by atoms with Crippen LogP contribution in [0, 0.1) is 0 Å². The van der Waals surface area contributed by atoms with Gasteiger partial charge in [0, 0.05) is 5.92 Å². The molecule has 0 saturated heterocycles. The van der Waals surface area contributed by atoms with Crippen molar-refractivity contribution >= 4 is 10.1 Å². The molecule has 8 heteroatoms. The van der Waals surface area contributed by atoms with Crippen molar-refractivity contribution < 1.29 is 30.5 Å². The standard InChI is InChI=1S/C27H27F3O4S/c1-26(2,3)33-22-14-16-24-20(17-22)11-15-23(18-7-5-4-6-8-18)25(24)19-9-12-21(13-10-19)34-35(31,32)27(28,29)30/h4-10,12-14,16-17,23,25H,11,15H2,1-3H3. The lowest BCUT2D eigenvalue weighted by Crippen LogP contribution is -2.28. The Morgan fingerprint density at radius 3 is 2.06 bits per heavy atom. The van der Waals surface area contributed by atoms with E-state index in [2.05, 4.69) is 28.4 Å². The minimum atomic E-state index is -5.72. The van der Waals surface area contributed by atoms with Crippen LogP contribution in [0.15, 0.2) is 72.8 Å². The van der Waals surface area contributed by atoms with E-state index in [9.17, 15) is 21.6 Å². The van der Waals surface area contributed by atoms with Crippen LogP contribution in [0.1, 0.15) is 61.3 Å². The van der Waals surface area contributed by atoms with E-state index in [0.29, 0.717) is 0 Å². The summed E-state index contributed by atoms with van der Waals surface area (Å²) in [6.45, 7) is 5.97. The van der Waals surface area contributed by atoms with Gasteiger partial charge < -0.3 is 8.92 Å². The summed E-state index contributed by atoms with van der Waals surface area (Å²) in [5, 5.41) is 0. The Hall–Kier alpha value is -3.00. The summed E-state index contributed by atoms with van der Waals surface area (Å²) in [5.74, 6) is 0.475. The molecule has 3 aromatic carbocycles. The van der Waals surface area contributed by atoms with Crippen LogP contribution in [0.25, 0.3) is 0 Å². The minimum absolute atomic E-state index is 0.0712. The molecule has 3 aromatic rings. The second-order valence-corrected chi connectivity index (χ2v) is 11.2. The molecule has 0 aliphatic heterocycles. The third kappa shape index (κ3) is 5.64. The first-order valence-electron chi connectivity index (χ1n) is 11.3. The average molecular weight is 505 g/mol. The number of hydrogen-bond donors (Lipinski definition) is 0. The fraction of sp³-hybridized carbons (Fsp3) is 0.333. The third-order valence-electron chi connectivity index (χ3n) is 5.96. The highest BCUT2D eigenvalue weighted by Crippen LogP contribution is 2.47. The first-order valence-corrected chi connectivity index (χ1v) is 12.7. The summed E-state index contributed by atoms with van der Waals surface area (Å²) < 4.78 is 71.2. The van der Waals surface area contributed by atoms with Gasteiger partial charge in [-0.15, -0.1) is 0 Å². The van der Waals surface area contributed by atoms with Crippen molar-refractivity contribution in [2.75, 3.05) is 0 Å². The Morgan fingerprint density at radius 2 is 1.46 bits per heavy atom. The number of alkyl halides is 3. The fourth-order valence-corrected chi connectivity index (χ4v) is 5.05. The summed E-state index contributed by atoms with van der Waals surface area (Å²) >= 11 is 0. The first-order chi connectivity index (χ1) is 16.3. The molecule has 1 aliphatic rings. The Bertz CT molecular complexity index is 1280. The molecule has 2 unspecified atom stereocenters. The largest absolute Gasteiger partial charge is 0.534 e. The maximum atomic E-state index is 12.7. The Kier molecular flexibility index (Phi) is 6.62. The van der Waals surface area contributed by atoms with Crippen molar-refractivity contribution in [1.29, 1.82) is 0 Å². The molecule has 1 aliphatic carbocycles. The van der Waals surface area contributed by atoms with Crippen molar-refractivity contribution in [2.24, 2.45) is 0 Å².